The van der Waals surface area contributed by atoms with Gasteiger partial charge >= 0.3 is 6.01 Å². The van der Waals surface area contributed by atoms with E-state index in [1.807, 2.05) is 13.8 Å². The molecule has 2 rings (SSSR count). The summed E-state index contributed by atoms with van der Waals surface area (Å²) in [5.41, 5.74) is 2.04. The molecule has 7 heteroatoms. The Morgan fingerprint density at radius 2 is 2.16 bits per heavy atom. The van der Waals surface area contributed by atoms with E-state index in [1.165, 1.54) is 0 Å². The van der Waals surface area contributed by atoms with Gasteiger partial charge in [0.2, 0.25) is 5.95 Å². The highest BCUT2D eigenvalue weighted by Crippen LogP contribution is 2.10. The lowest BCUT2D eigenvalue weighted by molar-refractivity contribution is 0.102. The number of amides is 1. The fourth-order valence-corrected chi connectivity index (χ4v) is 1.60. The summed E-state index contributed by atoms with van der Waals surface area (Å²) in [6.45, 7) is 5.95. The zero-order chi connectivity index (χ0) is 13.8. The van der Waals surface area contributed by atoms with Crippen LogP contribution in [0.4, 0.5) is 5.95 Å². The number of rotatable bonds is 4. The molecule has 19 heavy (non-hydrogen) atoms. The number of carbonyl (C=O) groups excluding carboxylic acids is 1. The van der Waals surface area contributed by atoms with Gasteiger partial charge in [-0.15, -0.1) is 5.10 Å². The van der Waals surface area contributed by atoms with Crippen molar-refractivity contribution in [3.05, 3.63) is 29.1 Å². The van der Waals surface area contributed by atoms with Gasteiger partial charge in [-0.3, -0.25) is 15.1 Å². The van der Waals surface area contributed by atoms with Crippen LogP contribution in [0, 0.1) is 13.8 Å². The number of carbonyl (C=O) groups is 1. The molecule has 7 nitrogen and oxygen atoms in total. The molecule has 2 aromatic heterocycles. The van der Waals surface area contributed by atoms with Crippen LogP contribution in [0.5, 0.6) is 6.01 Å². The fourth-order valence-electron chi connectivity index (χ4n) is 1.60. The Balaban J connectivity index is 2.11. The molecular weight excluding hydrogens is 246 g/mol. The van der Waals surface area contributed by atoms with E-state index in [0.717, 1.165) is 5.69 Å². The zero-order valence-electron chi connectivity index (χ0n) is 11.0. The lowest BCUT2D eigenvalue weighted by Crippen LogP contribution is -2.15. The van der Waals surface area contributed by atoms with Crippen molar-refractivity contribution in [1.29, 1.82) is 0 Å². The van der Waals surface area contributed by atoms with Crippen LogP contribution >= 0.6 is 0 Å². The summed E-state index contributed by atoms with van der Waals surface area (Å²) in [5, 5.41) is 8.99. The largest absolute Gasteiger partial charge is 0.463 e. The number of hydrogen-bond acceptors (Lipinski definition) is 5. The first-order valence-electron chi connectivity index (χ1n) is 5.91. The highest BCUT2D eigenvalue weighted by atomic mass is 16.5. The molecule has 0 unspecified atom stereocenters. The van der Waals surface area contributed by atoms with Gasteiger partial charge in [0.1, 0.15) is 0 Å². The first-order chi connectivity index (χ1) is 9.10. The van der Waals surface area contributed by atoms with E-state index >= 15 is 0 Å². The molecule has 2 aromatic rings. The molecule has 0 aliphatic heterocycles. The second kappa shape index (κ2) is 5.47. The first kappa shape index (κ1) is 13.0. The number of aromatic nitrogens is 4. The van der Waals surface area contributed by atoms with Gasteiger partial charge in [0, 0.05) is 5.69 Å². The molecule has 0 fully saturated rings. The van der Waals surface area contributed by atoms with Gasteiger partial charge in [-0.2, -0.15) is 4.98 Å². The molecule has 0 saturated heterocycles. The maximum absolute atomic E-state index is 12.0. The Labute approximate surface area is 110 Å². The summed E-state index contributed by atoms with van der Waals surface area (Å²) in [6, 6.07) is 3.72. The molecule has 0 radical (unpaired) electrons. The molecule has 0 aliphatic rings. The number of anilines is 1. The predicted octanol–water partition coefficient (Wildman–Crippen LogP) is 1.47. The minimum absolute atomic E-state index is 0.205. The van der Waals surface area contributed by atoms with Crippen molar-refractivity contribution in [3.63, 3.8) is 0 Å². The molecule has 0 spiro atoms. The lowest BCUT2D eigenvalue weighted by atomic mass is 10.2. The molecule has 2 heterocycles. The van der Waals surface area contributed by atoms with Gasteiger partial charge < -0.3 is 4.74 Å². The van der Waals surface area contributed by atoms with E-state index in [9.17, 15) is 4.79 Å². The quantitative estimate of drug-likeness (QED) is 0.869. The van der Waals surface area contributed by atoms with Crippen LogP contribution in [0.25, 0.3) is 0 Å². The second-order valence-corrected chi connectivity index (χ2v) is 3.94. The maximum Gasteiger partial charge on any atom is 0.337 e. The number of aryl methyl sites for hydroxylation is 2. The summed E-state index contributed by atoms with van der Waals surface area (Å²) in [7, 11) is 0. The zero-order valence-corrected chi connectivity index (χ0v) is 11.0. The highest BCUT2D eigenvalue weighted by molar-refractivity contribution is 6.04. The summed E-state index contributed by atoms with van der Waals surface area (Å²) in [4.78, 5) is 20.2. The number of H-pyrrole nitrogens is 1. The van der Waals surface area contributed by atoms with E-state index in [0.29, 0.717) is 17.9 Å². The van der Waals surface area contributed by atoms with Crippen LogP contribution < -0.4 is 10.1 Å². The van der Waals surface area contributed by atoms with Crippen LogP contribution in [0.3, 0.4) is 0 Å². The summed E-state index contributed by atoms with van der Waals surface area (Å²) in [5.74, 6) is -0.0439. The third-order valence-corrected chi connectivity index (χ3v) is 2.44. The number of hydrogen-bond donors (Lipinski definition) is 2. The normalized spacial score (nSPS) is 10.3. The Bertz CT molecular complexity index is 594. The van der Waals surface area contributed by atoms with E-state index < -0.39 is 0 Å². The van der Waals surface area contributed by atoms with Crippen molar-refractivity contribution in [2.75, 3.05) is 11.9 Å². The number of aromatic amines is 1. The van der Waals surface area contributed by atoms with E-state index in [4.69, 9.17) is 4.74 Å². The predicted molar refractivity (Wildman–Crippen MR) is 69.2 cm³/mol. The standard InChI is InChI=1S/C12H15N5O2/c1-4-19-12-15-11(16-17-12)14-10(18)9-6-5-7(2)13-8(9)3/h5-6H,4H2,1-3H3,(H2,14,15,16,17,18). The SMILES string of the molecule is CCOc1n[nH]c(NC(=O)c2ccc(C)nc2C)n1. The van der Waals surface area contributed by atoms with Gasteiger partial charge in [-0.25, -0.2) is 5.10 Å². The third-order valence-electron chi connectivity index (χ3n) is 2.44. The van der Waals surface area contributed by atoms with Crippen molar-refractivity contribution < 1.29 is 9.53 Å². The van der Waals surface area contributed by atoms with E-state index in [-0.39, 0.29) is 17.9 Å². The van der Waals surface area contributed by atoms with Crippen LogP contribution in [0.15, 0.2) is 12.1 Å². The lowest BCUT2D eigenvalue weighted by Gasteiger charge is -2.05. The molecule has 0 atom stereocenters. The van der Waals surface area contributed by atoms with Crippen molar-refractivity contribution in [2.45, 2.75) is 20.8 Å². The Hall–Kier alpha value is -2.44. The smallest absolute Gasteiger partial charge is 0.337 e. The summed E-state index contributed by atoms with van der Waals surface area (Å²) in [6.07, 6.45) is 0. The molecule has 2 N–H and O–H groups in total. The third kappa shape index (κ3) is 3.06. The summed E-state index contributed by atoms with van der Waals surface area (Å²) < 4.78 is 5.10. The molecule has 100 valence electrons. The monoisotopic (exact) mass is 261 g/mol. The number of ether oxygens (including phenoxy) is 1. The molecular formula is C12H15N5O2. The van der Waals surface area contributed by atoms with Crippen molar-refractivity contribution >= 4 is 11.9 Å². The van der Waals surface area contributed by atoms with Crippen LogP contribution in [0.1, 0.15) is 28.7 Å². The van der Waals surface area contributed by atoms with Crippen LogP contribution in [-0.4, -0.2) is 32.7 Å². The molecule has 0 bridgehead atoms. The van der Waals surface area contributed by atoms with Gasteiger partial charge in [0.25, 0.3) is 5.91 Å². The number of pyridine rings is 1. The highest BCUT2D eigenvalue weighted by Gasteiger charge is 2.12. The summed E-state index contributed by atoms with van der Waals surface area (Å²) >= 11 is 0. The first-order valence-corrected chi connectivity index (χ1v) is 5.91. The fraction of sp³-hybridized carbons (Fsp3) is 0.333. The van der Waals surface area contributed by atoms with Crippen molar-refractivity contribution in [1.82, 2.24) is 20.2 Å². The van der Waals surface area contributed by atoms with E-state index in [1.54, 1.807) is 19.1 Å². The average Bonchev–Trinajstić information content (AvgIpc) is 2.76. The number of nitrogens with one attached hydrogen (secondary N) is 2. The van der Waals surface area contributed by atoms with Gasteiger partial charge in [0.05, 0.1) is 17.9 Å². The van der Waals surface area contributed by atoms with Crippen LogP contribution in [-0.2, 0) is 0 Å². The number of nitrogens with zero attached hydrogens (tertiary/aromatic N) is 3. The molecule has 0 aromatic carbocycles. The molecule has 1 amide bonds. The minimum atomic E-state index is -0.288. The van der Waals surface area contributed by atoms with Crippen LogP contribution in [0.2, 0.25) is 0 Å². The van der Waals surface area contributed by atoms with E-state index in [2.05, 4.69) is 25.5 Å². The van der Waals surface area contributed by atoms with Gasteiger partial charge in [0.15, 0.2) is 0 Å². The molecule has 0 saturated carbocycles. The average molecular weight is 261 g/mol. The Morgan fingerprint density at radius 3 is 2.84 bits per heavy atom. The molecule has 0 aliphatic carbocycles. The minimum Gasteiger partial charge on any atom is -0.463 e. The Morgan fingerprint density at radius 1 is 1.37 bits per heavy atom. The maximum atomic E-state index is 12.0. The topological polar surface area (TPSA) is 92.8 Å². The van der Waals surface area contributed by atoms with Crippen molar-refractivity contribution in [2.24, 2.45) is 0 Å². The van der Waals surface area contributed by atoms with Gasteiger partial charge in [-0.1, -0.05) is 0 Å². The van der Waals surface area contributed by atoms with Gasteiger partial charge in [-0.05, 0) is 32.9 Å². The second-order valence-electron chi connectivity index (χ2n) is 3.94. The Kier molecular flexibility index (Phi) is 3.74. The van der Waals surface area contributed by atoms with Crippen molar-refractivity contribution in [3.8, 4) is 6.01 Å².